The van der Waals surface area contributed by atoms with E-state index in [-0.39, 0.29) is 5.75 Å². The van der Waals surface area contributed by atoms with E-state index in [1.54, 1.807) is 6.92 Å². The summed E-state index contributed by atoms with van der Waals surface area (Å²) < 4.78 is 23.1. The van der Waals surface area contributed by atoms with Crippen molar-refractivity contribution in [3.05, 3.63) is 35.9 Å². The highest BCUT2D eigenvalue weighted by atomic mass is 32.2. The number of sulfone groups is 1. The van der Waals surface area contributed by atoms with Crippen LogP contribution in [0, 0.1) is 11.3 Å². The average molecular weight is 292 g/mol. The van der Waals surface area contributed by atoms with Gasteiger partial charge in [0, 0.05) is 25.4 Å². The average Bonchev–Trinajstić information content (AvgIpc) is 2.49. The maximum Gasteiger partial charge on any atom is 0.169 e. The number of benzene rings is 1. The van der Waals surface area contributed by atoms with Gasteiger partial charge in [0.05, 0.1) is 6.07 Å². The molecule has 0 aromatic heterocycles. The van der Waals surface area contributed by atoms with Crippen molar-refractivity contribution < 1.29 is 8.42 Å². The van der Waals surface area contributed by atoms with Crippen LogP contribution in [-0.2, 0) is 16.4 Å². The van der Waals surface area contributed by atoms with E-state index in [2.05, 4.69) is 23.1 Å². The molecule has 1 heterocycles. The maximum absolute atomic E-state index is 12.1. The lowest BCUT2D eigenvalue weighted by Gasteiger charge is -2.36. The van der Waals surface area contributed by atoms with Gasteiger partial charge in [-0.25, -0.2) is 8.42 Å². The third-order valence-electron chi connectivity index (χ3n) is 4.09. The SMILES string of the molecule is CCS(=O)(=O)C1(C#N)CCN(Cc2ccccc2)CC1. The number of nitrogens with zero attached hydrogens (tertiary/aromatic N) is 2. The fourth-order valence-corrected chi connectivity index (χ4v) is 4.18. The molecule has 1 aliphatic heterocycles. The summed E-state index contributed by atoms with van der Waals surface area (Å²) in [6, 6.07) is 12.2. The number of piperidine rings is 1. The molecule has 0 spiro atoms. The van der Waals surface area contributed by atoms with Gasteiger partial charge in [-0.3, -0.25) is 4.90 Å². The van der Waals surface area contributed by atoms with Crippen LogP contribution in [0.25, 0.3) is 0 Å². The third-order valence-corrected chi connectivity index (χ3v) is 6.54. The zero-order valence-electron chi connectivity index (χ0n) is 11.7. The molecular weight excluding hydrogens is 272 g/mol. The smallest absolute Gasteiger partial charge is 0.169 e. The predicted molar refractivity (Wildman–Crippen MR) is 78.8 cm³/mol. The van der Waals surface area contributed by atoms with Crippen molar-refractivity contribution >= 4 is 9.84 Å². The van der Waals surface area contributed by atoms with Crippen molar-refractivity contribution in [2.24, 2.45) is 0 Å². The molecule has 0 unspecified atom stereocenters. The van der Waals surface area contributed by atoms with Gasteiger partial charge in [0.2, 0.25) is 0 Å². The number of hydrogen-bond acceptors (Lipinski definition) is 4. The molecule has 0 atom stereocenters. The summed E-state index contributed by atoms with van der Waals surface area (Å²) in [5.41, 5.74) is 1.22. The summed E-state index contributed by atoms with van der Waals surface area (Å²) in [5.74, 6) is 0.0409. The molecule has 1 saturated heterocycles. The van der Waals surface area contributed by atoms with Crippen LogP contribution in [-0.4, -0.2) is 36.9 Å². The molecular formula is C15H20N2O2S. The van der Waals surface area contributed by atoms with Crippen LogP contribution in [0.2, 0.25) is 0 Å². The summed E-state index contributed by atoms with van der Waals surface area (Å²) in [7, 11) is -3.32. The Hall–Kier alpha value is -1.38. The number of nitriles is 1. The Balaban J connectivity index is 2.04. The van der Waals surface area contributed by atoms with E-state index in [9.17, 15) is 13.7 Å². The van der Waals surface area contributed by atoms with Crippen LogP contribution in [0.15, 0.2) is 30.3 Å². The molecule has 0 bridgehead atoms. The van der Waals surface area contributed by atoms with Crippen LogP contribution in [0.3, 0.4) is 0 Å². The first kappa shape index (κ1) is 15.0. The Bertz CT molecular complexity index is 582. The highest BCUT2D eigenvalue weighted by Gasteiger charge is 2.45. The molecule has 5 heteroatoms. The molecule has 0 aliphatic carbocycles. The minimum Gasteiger partial charge on any atom is -0.299 e. The molecule has 4 nitrogen and oxygen atoms in total. The Morgan fingerprint density at radius 1 is 1.25 bits per heavy atom. The lowest BCUT2D eigenvalue weighted by molar-refractivity contribution is 0.205. The lowest BCUT2D eigenvalue weighted by atomic mass is 9.97. The Kier molecular flexibility index (Phi) is 4.46. The fourth-order valence-electron chi connectivity index (χ4n) is 2.68. The quantitative estimate of drug-likeness (QED) is 0.851. The Morgan fingerprint density at radius 2 is 1.85 bits per heavy atom. The van der Waals surface area contributed by atoms with E-state index in [0.29, 0.717) is 25.9 Å². The van der Waals surface area contributed by atoms with Crippen molar-refractivity contribution in [1.29, 1.82) is 5.26 Å². The normalized spacial score (nSPS) is 19.4. The molecule has 2 rings (SSSR count). The standard InChI is InChI=1S/C15H20N2O2S/c1-2-20(18,19)15(13-16)8-10-17(11-9-15)12-14-6-4-3-5-7-14/h3-7H,2,8-12H2,1H3. The summed E-state index contributed by atoms with van der Waals surface area (Å²) in [5, 5.41) is 9.34. The van der Waals surface area contributed by atoms with Gasteiger partial charge in [-0.05, 0) is 18.4 Å². The molecule has 108 valence electrons. The first-order valence-corrected chi connectivity index (χ1v) is 8.58. The summed E-state index contributed by atoms with van der Waals surface area (Å²) in [6.07, 6.45) is 0.818. The van der Waals surface area contributed by atoms with E-state index >= 15 is 0 Å². The zero-order chi connectivity index (χ0) is 14.6. The van der Waals surface area contributed by atoms with Crippen molar-refractivity contribution in [3.63, 3.8) is 0 Å². The van der Waals surface area contributed by atoms with E-state index in [1.807, 2.05) is 18.2 Å². The second kappa shape index (κ2) is 5.94. The van der Waals surface area contributed by atoms with Gasteiger partial charge >= 0.3 is 0 Å². The van der Waals surface area contributed by atoms with Crippen LogP contribution < -0.4 is 0 Å². The van der Waals surface area contributed by atoms with E-state index < -0.39 is 14.6 Å². The third kappa shape index (κ3) is 2.87. The lowest BCUT2D eigenvalue weighted by Crippen LogP contribution is -2.48. The number of hydrogen-bond donors (Lipinski definition) is 0. The van der Waals surface area contributed by atoms with Gasteiger partial charge in [-0.2, -0.15) is 5.26 Å². The zero-order valence-corrected chi connectivity index (χ0v) is 12.6. The molecule has 1 aromatic rings. The molecule has 1 aromatic carbocycles. The molecule has 0 saturated carbocycles. The predicted octanol–water partition coefficient (Wildman–Crippen LogP) is 1.98. The first-order chi connectivity index (χ1) is 9.53. The van der Waals surface area contributed by atoms with Crippen LogP contribution in [0.4, 0.5) is 0 Å². The first-order valence-electron chi connectivity index (χ1n) is 6.93. The monoisotopic (exact) mass is 292 g/mol. The van der Waals surface area contributed by atoms with Crippen LogP contribution in [0.1, 0.15) is 25.3 Å². The topological polar surface area (TPSA) is 61.2 Å². The molecule has 1 aliphatic rings. The minimum absolute atomic E-state index is 0.0409. The van der Waals surface area contributed by atoms with Crippen molar-refractivity contribution in [3.8, 4) is 6.07 Å². The van der Waals surface area contributed by atoms with E-state index in [0.717, 1.165) is 6.54 Å². The summed E-state index contributed by atoms with van der Waals surface area (Å²) >= 11 is 0. The second-order valence-electron chi connectivity index (χ2n) is 5.27. The molecule has 20 heavy (non-hydrogen) atoms. The molecule has 0 N–H and O–H groups in total. The molecule has 0 radical (unpaired) electrons. The molecule has 1 fully saturated rings. The van der Waals surface area contributed by atoms with Crippen molar-refractivity contribution in [2.45, 2.75) is 31.1 Å². The summed E-state index contributed by atoms with van der Waals surface area (Å²) in [4.78, 5) is 2.22. The Labute approximate surface area is 120 Å². The fraction of sp³-hybridized carbons (Fsp3) is 0.533. The van der Waals surface area contributed by atoms with Gasteiger partial charge in [0.25, 0.3) is 0 Å². The largest absolute Gasteiger partial charge is 0.299 e. The van der Waals surface area contributed by atoms with Gasteiger partial charge in [0.1, 0.15) is 0 Å². The Morgan fingerprint density at radius 3 is 2.35 bits per heavy atom. The van der Waals surface area contributed by atoms with E-state index in [1.165, 1.54) is 5.56 Å². The van der Waals surface area contributed by atoms with Crippen molar-refractivity contribution in [1.82, 2.24) is 4.90 Å². The minimum atomic E-state index is -3.32. The second-order valence-corrected chi connectivity index (χ2v) is 7.86. The van der Waals surface area contributed by atoms with Gasteiger partial charge in [0.15, 0.2) is 14.6 Å². The van der Waals surface area contributed by atoms with Gasteiger partial charge in [-0.1, -0.05) is 37.3 Å². The number of rotatable bonds is 4. The maximum atomic E-state index is 12.1. The molecule has 0 amide bonds. The van der Waals surface area contributed by atoms with Gasteiger partial charge < -0.3 is 0 Å². The van der Waals surface area contributed by atoms with E-state index in [4.69, 9.17) is 0 Å². The van der Waals surface area contributed by atoms with Crippen LogP contribution in [0.5, 0.6) is 0 Å². The number of likely N-dealkylation sites (tertiary alicyclic amines) is 1. The van der Waals surface area contributed by atoms with Crippen molar-refractivity contribution in [2.75, 3.05) is 18.8 Å². The highest BCUT2D eigenvalue weighted by Crippen LogP contribution is 2.31. The van der Waals surface area contributed by atoms with Crippen LogP contribution >= 0.6 is 0 Å². The van der Waals surface area contributed by atoms with Gasteiger partial charge in [-0.15, -0.1) is 0 Å². The highest BCUT2D eigenvalue weighted by molar-refractivity contribution is 7.93. The summed E-state index contributed by atoms with van der Waals surface area (Å²) in [6.45, 7) is 3.74.